The third kappa shape index (κ3) is 3.67. The maximum Gasteiger partial charge on any atom is 0.333 e. The molecule has 1 aromatic heterocycles. The van der Waals surface area contributed by atoms with Crippen molar-refractivity contribution < 1.29 is 9.53 Å². The van der Waals surface area contributed by atoms with Gasteiger partial charge in [-0.05, 0) is 37.6 Å². The molecular formula is C20H19N3O4. The molecule has 138 valence electrons. The van der Waals surface area contributed by atoms with E-state index in [-0.39, 0.29) is 5.56 Å². The van der Waals surface area contributed by atoms with Crippen LogP contribution >= 0.6 is 0 Å². The van der Waals surface area contributed by atoms with Crippen LogP contribution in [0.5, 0.6) is 5.75 Å². The Morgan fingerprint density at radius 3 is 2.59 bits per heavy atom. The van der Waals surface area contributed by atoms with Gasteiger partial charge in [0.05, 0.1) is 12.8 Å². The zero-order valence-corrected chi connectivity index (χ0v) is 15.2. The van der Waals surface area contributed by atoms with Crippen LogP contribution in [0.2, 0.25) is 0 Å². The Morgan fingerprint density at radius 2 is 1.89 bits per heavy atom. The minimum Gasteiger partial charge on any atom is -0.497 e. The molecule has 0 radical (unpaired) electrons. The van der Waals surface area contributed by atoms with Crippen molar-refractivity contribution >= 4 is 11.6 Å². The number of nitrogens with zero attached hydrogens (tertiary/aromatic N) is 1. The molecule has 0 unspecified atom stereocenters. The molecule has 3 rings (SSSR count). The number of carbonyl (C=O) groups excluding carboxylic acids is 1. The Morgan fingerprint density at radius 1 is 1.11 bits per heavy atom. The van der Waals surface area contributed by atoms with Crippen LogP contribution in [0.15, 0.2) is 58.3 Å². The lowest BCUT2D eigenvalue weighted by Gasteiger charge is -2.11. The van der Waals surface area contributed by atoms with Crippen molar-refractivity contribution in [2.75, 3.05) is 12.4 Å². The van der Waals surface area contributed by atoms with Gasteiger partial charge in [-0.15, -0.1) is 0 Å². The summed E-state index contributed by atoms with van der Waals surface area (Å²) in [6, 6.07) is 12.0. The van der Waals surface area contributed by atoms with E-state index >= 15 is 0 Å². The second-order valence-corrected chi connectivity index (χ2v) is 6.12. The van der Waals surface area contributed by atoms with Crippen molar-refractivity contribution in [1.82, 2.24) is 9.55 Å². The average Bonchev–Trinajstić information content (AvgIpc) is 2.64. The maximum absolute atomic E-state index is 12.8. The van der Waals surface area contributed by atoms with Crippen molar-refractivity contribution in [3.05, 3.63) is 86.2 Å². The SMILES string of the molecule is COc1cccc(-n2c(=O)[nH]cc(C(=O)Nc3ccc(C)cc3C)c2=O)c1. The van der Waals surface area contributed by atoms with Gasteiger partial charge in [0.2, 0.25) is 0 Å². The van der Waals surface area contributed by atoms with Gasteiger partial charge in [0, 0.05) is 18.0 Å². The quantitative estimate of drug-likeness (QED) is 0.742. The van der Waals surface area contributed by atoms with Crippen LogP contribution in [0.3, 0.4) is 0 Å². The molecule has 27 heavy (non-hydrogen) atoms. The number of amides is 1. The molecule has 2 N–H and O–H groups in total. The van der Waals surface area contributed by atoms with Crippen LogP contribution in [0.4, 0.5) is 5.69 Å². The van der Waals surface area contributed by atoms with Gasteiger partial charge in [-0.1, -0.05) is 23.8 Å². The third-order valence-electron chi connectivity index (χ3n) is 4.16. The second kappa shape index (κ2) is 7.33. The van der Waals surface area contributed by atoms with Crippen molar-refractivity contribution in [2.45, 2.75) is 13.8 Å². The summed E-state index contributed by atoms with van der Waals surface area (Å²) in [4.78, 5) is 40.1. The molecule has 0 aliphatic heterocycles. The van der Waals surface area contributed by atoms with E-state index in [1.165, 1.54) is 7.11 Å². The molecule has 0 atom stereocenters. The number of ether oxygens (including phenoxy) is 1. The van der Waals surface area contributed by atoms with Gasteiger partial charge < -0.3 is 15.0 Å². The van der Waals surface area contributed by atoms with Crippen molar-refractivity contribution in [3.63, 3.8) is 0 Å². The van der Waals surface area contributed by atoms with Gasteiger partial charge in [-0.2, -0.15) is 0 Å². The van der Waals surface area contributed by atoms with Crippen LogP contribution < -0.4 is 21.3 Å². The number of methoxy groups -OCH3 is 1. The monoisotopic (exact) mass is 365 g/mol. The number of benzene rings is 2. The molecule has 1 heterocycles. The lowest BCUT2D eigenvalue weighted by atomic mass is 10.1. The first-order chi connectivity index (χ1) is 12.9. The number of anilines is 1. The lowest BCUT2D eigenvalue weighted by molar-refractivity contribution is 0.102. The molecule has 0 bridgehead atoms. The normalized spacial score (nSPS) is 10.5. The van der Waals surface area contributed by atoms with E-state index in [1.807, 2.05) is 26.0 Å². The predicted octanol–water partition coefficient (Wildman–Crippen LogP) is 2.40. The molecule has 7 nitrogen and oxygen atoms in total. The van der Waals surface area contributed by atoms with E-state index in [2.05, 4.69) is 10.3 Å². The number of hydrogen-bond acceptors (Lipinski definition) is 4. The average molecular weight is 365 g/mol. The Balaban J connectivity index is 2.03. The molecule has 7 heteroatoms. The zero-order valence-electron chi connectivity index (χ0n) is 15.2. The minimum atomic E-state index is -0.714. The number of aromatic nitrogens is 2. The molecule has 0 saturated heterocycles. The lowest BCUT2D eigenvalue weighted by Crippen LogP contribution is -2.38. The van der Waals surface area contributed by atoms with Gasteiger partial charge in [0.1, 0.15) is 11.3 Å². The number of H-pyrrole nitrogens is 1. The minimum absolute atomic E-state index is 0.169. The van der Waals surface area contributed by atoms with Crippen LogP contribution in [0.1, 0.15) is 21.5 Å². The van der Waals surface area contributed by atoms with Crippen LogP contribution in [0.25, 0.3) is 5.69 Å². The topological polar surface area (TPSA) is 93.2 Å². The van der Waals surface area contributed by atoms with Crippen LogP contribution in [0, 0.1) is 13.8 Å². The summed E-state index contributed by atoms with van der Waals surface area (Å²) in [6.07, 6.45) is 1.13. The summed E-state index contributed by atoms with van der Waals surface area (Å²) < 4.78 is 6.03. The molecule has 0 aliphatic carbocycles. The molecule has 0 saturated carbocycles. The van der Waals surface area contributed by atoms with Gasteiger partial charge >= 0.3 is 5.69 Å². The van der Waals surface area contributed by atoms with E-state index in [9.17, 15) is 14.4 Å². The second-order valence-electron chi connectivity index (χ2n) is 6.12. The molecule has 2 aromatic carbocycles. The summed E-state index contributed by atoms with van der Waals surface area (Å²) in [5.74, 6) is -0.108. The van der Waals surface area contributed by atoms with E-state index in [0.29, 0.717) is 17.1 Å². The largest absolute Gasteiger partial charge is 0.497 e. The smallest absolute Gasteiger partial charge is 0.333 e. The Labute approximate surface area is 155 Å². The molecule has 3 aromatic rings. The first-order valence-corrected chi connectivity index (χ1v) is 8.28. The fourth-order valence-electron chi connectivity index (χ4n) is 2.76. The number of rotatable bonds is 4. The van der Waals surface area contributed by atoms with Gasteiger partial charge in [0.15, 0.2) is 0 Å². The van der Waals surface area contributed by atoms with E-state index < -0.39 is 17.2 Å². The van der Waals surface area contributed by atoms with Gasteiger partial charge in [0.25, 0.3) is 11.5 Å². The number of aromatic amines is 1. The van der Waals surface area contributed by atoms with Gasteiger partial charge in [-0.3, -0.25) is 9.59 Å². The highest BCUT2D eigenvalue weighted by Crippen LogP contribution is 2.17. The number of hydrogen-bond donors (Lipinski definition) is 2. The molecule has 0 aliphatic rings. The fraction of sp³-hybridized carbons (Fsp3) is 0.150. The fourth-order valence-corrected chi connectivity index (χ4v) is 2.76. The molecule has 0 spiro atoms. The van der Waals surface area contributed by atoms with E-state index in [4.69, 9.17) is 4.74 Å². The van der Waals surface area contributed by atoms with Crippen LogP contribution in [-0.2, 0) is 0 Å². The summed E-state index contributed by atoms with van der Waals surface area (Å²) in [7, 11) is 1.49. The standard InChI is InChI=1S/C20H19N3O4/c1-12-7-8-17(13(2)9-12)22-18(24)16-11-21-20(26)23(19(16)25)14-5-4-6-15(10-14)27-3/h4-11H,1-3H3,(H,21,26)(H,22,24). The molecule has 0 fully saturated rings. The highest BCUT2D eigenvalue weighted by Gasteiger charge is 2.17. The zero-order chi connectivity index (χ0) is 19.6. The summed E-state index contributed by atoms with van der Waals surface area (Å²) in [6.45, 7) is 3.82. The van der Waals surface area contributed by atoms with Crippen molar-refractivity contribution in [1.29, 1.82) is 0 Å². The summed E-state index contributed by atoms with van der Waals surface area (Å²) in [5.41, 5.74) is 1.32. The Bertz CT molecular complexity index is 1130. The first-order valence-electron chi connectivity index (χ1n) is 8.28. The number of carbonyl (C=O) groups is 1. The highest BCUT2D eigenvalue weighted by molar-refractivity contribution is 6.04. The Kier molecular flexibility index (Phi) is 4.94. The molecule has 1 amide bonds. The van der Waals surface area contributed by atoms with Crippen molar-refractivity contribution in [3.8, 4) is 11.4 Å². The van der Waals surface area contributed by atoms with E-state index in [0.717, 1.165) is 21.9 Å². The van der Waals surface area contributed by atoms with Gasteiger partial charge in [-0.25, -0.2) is 9.36 Å². The Hall–Kier alpha value is -3.61. The summed E-state index contributed by atoms with van der Waals surface area (Å²) >= 11 is 0. The number of nitrogens with one attached hydrogen (secondary N) is 2. The predicted molar refractivity (Wildman–Crippen MR) is 103 cm³/mol. The number of aryl methyl sites for hydroxylation is 2. The maximum atomic E-state index is 12.8. The first kappa shape index (κ1) is 18.2. The highest BCUT2D eigenvalue weighted by atomic mass is 16.5. The third-order valence-corrected chi connectivity index (χ3v) is 4.16. The van der Waals surface area contributed by atoms with Crippen molar-refractivity contribution in [2.24, 2.45) is 0 Å². The summed E-state index contributed by atoms with van der Waals surface area (Å²) in [5, 5.41) is 2.72. The van der Waals surface area contributed by atoms with E-state index in [1.54, 1.807) is 30.3 Å². The van der Waals surface area contributed by atoms with Crippen LogP contribution in [-0.4, -0.2) is 22.6 Å². The molecular weight excluding hydrogens is 346 g/mol.